The lowest BCUT2D eigenvalue weighted by atomic mass is 10.3. The minimum atomic E-state index is -3.06. The summed E-state index contributed by atoms with van der Waals surface area (Å²) in [6, 6.07) is 2.08. The second-order valence-corrected chi connectivity index (χ2v) is 7.00. The first kappa shape index (κ1) is 10.6. The van der Waals surface area contributed by atoms with Gasteiger partial charge in [0.2, 0.25) is 0 Å². The fraction of sp³-hybridized carbons (Fsp3) is 0.556. The average Bonchev–Trinajstić information content (AvgIpc) is 2.86. The number of nitriles is 1. The molecule has 0 spiro atoms. The van der Waals surface area contributed by atoms with Gasteiger partial charge in [-0.1, -0.05) is 0 Å². The van der Waals surface area contributed by atoms with E-state index in [0.717, 1.165) is 18.5 Å². The minimum absolute atomic E-state index is 0.0565. The third-order valence-electron chi connectivity index (χ3n) is 2.15. The van der Waals surface area contributed by atoms with E-state index in [1.54, 1.807) is 0 Å². The van der Waals surface area contributed by atoms with Crippen LogP contribution in [0.2, 0.25) is 0 Å². The highest BCUT2D eigenvalue weighted by atomic mass is 32.2. The van der Waals surface area contributed by atoms with Crippen LogP contribution in [-0.4, -0.2) is 19.7 Å². The third kappa shape index (κ3) is 2.55. The van der Waals surface area contributed by atoms with Gasteiger partial charge < -0.3 is 0 Å². The zero-order chi connectivity index (χ0) is 11.1. The average molecular weight is 242 g/mol. The van der Waals surface area contributed by atoms with Gasteiger partial charge in [-0.3, -0.25) is 0 Å². The SMILES string of the molecule is CS(=O)(=O)Cc1nc(C2CC2)c(C#N)s1. The van der Waals surface area contributed by atoms with Crippen molar-refractivity contribution in [2.45, 2.75) is 24.5 Å². The van der Waals surface area contributed by atoms with Crippen LogP contribution in [0, 0.1) is 11.3 Å². The fourth-order valence-electron chi connectivity index (χ4n) is 1.38. The van der Waals surface area contributed by atoms with Crippen molar-refractivity contribution < 1.29 is 8.42 Å². The molecule has 1 aromatic heterocycles. The summed E-state index contributed by atoms with van der Waals surface area (Å²) in [5.74, 6) is 0.336. The molecule has 0 N–H and O–H groups in total. The summed E-state index contributed by atoms with van der Waals surface area (Å²) in [5.41, 5.74) is 0.807. The molecule has 1 saturated carbocycles. The van der Waals surface area contributed by atoms with Crippen molar-refractivity contribution in [2.24, 2.45) is 0 Å². The van der Waals surface area contributed by atoms with Crippen LogP contribution in [0.5, 0.6) is 0 Å². The van der Waals surface area contributed by atoms with Crippen molar-refractivity contribution in [1.29, 1.82) is 5.26 Å². The molecule has 6 heteroatoms. The van der Waals surface area contributed by atoms with Crippen LogP contribution in [0.15, 0.2) is 0 Å². The maximum atomic E-state index is 11.1. The Hall–Kier alpha value is -0.930. The van der Waals surface area contributed by atoms with Crippen LogP contribution in [0.25, 0.3) is 0 Å². The second kappa shape index (κ2) is 3.58. The molecular formula is C9H10N2O2S2. The van der Waals surface area contributed by atoms with Gasteiger partial charge in [0.25, 0.3) is 0 Å². The second-order valence-electron chi connectivity index (χ2n) is 3.78. The molecule has 0 aliphatic heterocycles. The number of rotatable bonds is 3. The number of hydrogen-bond acceptors (Lipinski definition) is 5. The first-order chi connectivity index (χ1) is 6.99. The molecule has 0 saturated heterocycles. The van der Waals surface area contributed by atoms with E-state index in [-0.39, 0.29) is 5.75 Å². The van der Waals surface area contributed by atoms with Gasteiger partial charge in [0, 0.05) is 12.2 Å². The molecule has 1 aromatic rings. The molecule has 0 amide bonds. The van der Waals surface area contributed by atoms with Gasteiger partial charge in [0.05, 0.1) is 5.69 Å². The Balaban J connectivity index is 2.31. The highest BCUT2D eigenvalue weighted by Crippen LogP contribution is 2.42. The quantitative estimate of drug-likeness (QED) is 0.804. The summed E-state index contributed by atoms with van der Waals surface area (Å²) in [6.07, 6.45) is 3.31. The zero-order valence-electron chi connectivity index (χ0n) is 8.23. The maximum absolute atomic E-state index is 11.1. The molecule has 0 bridgehead atoms. The lowest BCUT2D eigenvalue weighted by Crippen LogP contribution is -2.00. The summed E-state index contributed by atoms with van der Waals surface area (Å²) in [7, 11) is -3.06. The topological polar surface area (TPSA) is 70.8 Å². The molecule has 0 unspecified atom stereocenters. The van der Waals surface area contributed by atoms with Crippen molar-refractivity contribution in [2.75, 3.05) is 6.26 Å². The number of thiazole rings is 1. The number of nitrogens with zero attached hydrogens (tertiary/aromatic N) is 2. The lowest BCUT2D eigenvalue weighted by Gasteiger charge is -1.91. The Morgan fingerprint density at radius 3 is 2.73 bits per heavy atom. The normalized spacial score (nSPS) is 16.3. The number of sulfone groups is 1. The predicted octanol–water partition coefficient (Wildman–Crippen LogP) is 1.44. The van der Waals surface area contributed by atoms with Gasteiger partial charge in [-0.15, -0.1) is 11.3 Å². The molecule has 1 fully saturated rings. The van der Waals surface area contributed by atoms with Gasteiger partial charge in [-0.05, 0) is 12.8 Å². The van der Waals surface area contributed by atoms with Gasteiger partial charge in [0.15, 0.2) is 9.84 Å². The summed E-state index contributed by atoms with van der Waals surface area (Å²) in [5, 5.41) is 9.42. The summed E-state index contributed by atoms with van der Waals surface area (Å²) < 4.78 is 22.2. The Labute approximate surface area is 92.5 Å². The van der Waals surface area contributed by atoms with Crippen molar-refractivity contribution in [3.63, 3.8) is 0 Å². The van der Waals surface area contributed by atoms with Gasteiger partial charge in [-0.25, -0.2) is 13.4 Å². The van der Waals surface area contributed by atoms with Crippen LogP contribution < -0.4 is 0 Å². The monoisotopic (exact) mass is 242 g/mol. The Morgan fingerprint density at radius 1 is 1.60 bits per heavy atom. The van der Waals surface area contributed by atoms with E-state index in [2.05, 4.69) is 11.1 Å². The van der Waals surface area contributed by atoms with Crippen molar-refractivity contribution >= 4 is 21.2 Å². The van der Waals surface area contributed by atoms with Crippen LogP contribution in [0.3, 0.4) is 0 Å². The molecule has 0 radical (unpaired) electrons. The molecule has 4 nitrogen and oxygen atoms in total. The fourth-order valence-corrected chi connectivity index (χ4v) is 3.51. The van der Waals surface area contributed by atoms with Crippen LogP contribution in [0.1, 0.15) is 34.3 Å². The van der Waals surface area contributed by atoms with Crippen LogP contribution >= 0.6 is 11.3 Å². The molecular weight excluding hydrogens is 232 g/mol. The highest BCUT2D eigenvalue weighted by Gasteiger charge is 2.30. The van der Waals surface area contributed by atoms with Crippen LogP contribution in [0.4, 0.5) is 0 Å². The van der Waals surface area contributed by atoms with Gasteiger partial charge in [-0.2, -0.15) is 5.26 Å². The Bertz CT molecular complexity index is 521. The van der Waals surface area contributed by atoms with E-state index in [9.17, 15) is 8.42 Å². The molecule has 1 aliphatic rings. The molecule has 1 aliphatic carbocycles. The van der Waals surface area contributed by atoms with Crippen molar-refractivity contribution in [3.8, 4) is 6.07 Å². The molecule has 0 atom stereocenters. The third-order valence-corrected chi connectivity index (χ3v) is 4.11. The maximum Gasteiger partial charge on any atom is 0.153 e. The van der Waals surface area contributed by atoms with Crippen molar-refractivity contribution in [1.82, 2.24) is 4.98 Å². The molecule has 2 rings (SSSR count). The van der Waals surface area contributed by atoms with E-state index < -0.39 is 9.84 Å². The van der Waals surface area contributed by atoms with Crippen LogP contribution in [-0.2, 0) is 15.6 Å². The predicted molar refractivity (Wildman–Crippen MR) is 57.4 cm³/mol. The standard InChI is InChI=1S/C9H10N2O2S2/c1-15(12,13)5-8-11-9(6-2-3-6)7(4-10)14-8/h6H,2-3,5H2,1H3. The van der Waals surface area contributed by atoms with E-state index >= 15 is 0 Å². The first-order valence-corrected chi connectivity index (χ1v) is 7.45. The zero-order valence-corrected chi connectivity index (χ0v) is 9.86. The molecule has 80 valence electrons. The minimum Gasteiger partial charge on any atom is -0.243 e. The molecule has 1 heterocycles. The number of hydrogen-bond donors (Lipinski definition) is 0. The van der Waals surface area contributed by atoms with Gasteiger partial charge in [0.1, 0.15) is 21.7 Å². The van der Waals surface area contributed by atoms with E-state index in [1.807, 2.05) is 0 Å². The van der Waals surface area contributed by atoms with E-state index in [1.165, 1.54) is 17.6 Å². The summed E-state index contributed by atoms with van der Waals surface area (Å²) in [4.78, 5) is 4.83. The highest BCUT2D eigenvalue weighted by molar-refractivity contribution is 7.90. The van der Waals surface area contributed by atoms with Crippen molar-refractivity contribution in [3.05, 3.63) is 15.6 Å². The lowest BCUT2D eigenvalue weighted by molar-refractivity contribution is 0.601. The Morgan fingerprint density at radius 2 is 2.27 bits per heavy atom. The van der Waals surface area contributed by atoms with E-state index in [4.69, 9.17) is 5.26 Å². The largest absolute Gasteiger partial charge is 0.243 e. The summed E-state index contributed by atoms with van der Waals surface area (Å²) >= 11 is 1.20. The molecule has 15 heavy (non-hydrogen) atoms. The number of aromatic nitrogens is 1. The van der Waals surface area contributed by atoms with Gasteiger partial charge >= 0.3 is 0 Å². The van der Waals surface area contributed by atoms with E-state index in [0.29, 0.717) is 15.8 Å². The Kier molecular flexibility index (Phi) is 2.52. The molecule has 0 aromatic carbocycles. The smallest absolute Gasteiger partial charge is 0.153 e. The summed E-state index contributed by atoms with van der Waals surface area (Å²) in [6.45, 7) is 0. The first-order valence-electron chi connectivity index (χ1n) is 4.57.